The number of imidazole rings is 1. The van der Waals surface area contributed by atoms with Crippen LogP contribution in [0.25, 0.3) is 11.0 Å². The minimum Gasteiger partial charge on any atom is -0.378 e. The first-order valence-corrected chi connectivity index (χ1v) is 10.3. The molecule has 0 spiro atoms. The van der Waals surface area contributed by atoms with Crippen LogP contribution in [0.4, 0.5) is 5.69 Å². The number of ether oxygens (including phenoxy) is 1. The van der Waals surface area contributed by atoms with Crippen molar-refractivity contribution < 1.29 is 9.53 Å². The largest absolute Gasteiger partial charge is 0.378 e. The van der Waals surface area contributed by atoms with E-state index >= 15 is 0 Å². The molecule has 6 nitrogen and oxygen atoms in total. The third kappa shape index (κ3) is 4.77. The summed E-state index contributed by atoms with van der Waals surface area (Å²) in [5.74, 6) is 1.08. The van der Waals surface area contributed by atoms with Crippen LogP contribution in [0.3, 0.4) is 0 Å². The normalized spacial score (nSPS) is 14.3. The molecular formula is C23H28N4O2. The number of amides is 1. The first-order valence-electron chi connectivity index (χ1n) is 10.3. The van der Waals surface area contributed by atoms with Crippen LogP contribution < -0.4 is 10.2 Å². The first-order chi connectivity index (χ1) is 14.2. The Bertz CT molecular complexity index is 959. The van der Waals surface area contributed by atoms with Crippen LogP contribution in [0.15, 0.2) is 48.5 Å². The molecule has 0 bridgehead atoms. The Morgan fingerprint density at radius 1 is 1.10 bits per heavy atom. The summed E-state index contributed by atoms with van der Waals surface area (Å²) in [6.07, 6.45) is 1.29. The van der Waals surface area contributed by atoms with Crippen molar-refractivity contribution in [1.29, 1.82) is 0 Å². The average Bonchev–Trinajstić information content (AvgIpc) is 3.07. The predicted octanol–water partition coefficient (Wildman–Crippen LogP) is 2.93. The van der Waals surface area contributed by atoms with E-state index in [0.717, 1.165) is 61.7 Å². The van der Waals surface area contributed by atoms with Crippen LogP contribution in [0.2, 0.25) is 0 Å². The quantitative estimate of drug-likeness (QED) is 0.628. The molecule has 1 fully saturated rings. The summed E-state index contributed by atoms with van der Waals surface area (Å²) in [7, 11) is 0. The van der Waals surface area contributed by atoms with Crippen molar-refractivity contribution in [2.75, 3.05) is 37.7 Å². The van der Waals surface area contributed by atoms with Crippen molar-refractivity contribution in [3.63, 3.8) is 0 Å². The predicted molar refractivity (Wildman–Crippen MR) is 115 cm³/mol. The van der Waals surface area contributed by atoms with Crippen LogP contribution in [-0.4, -0.2) is 48.3 Å². The SMILES string of the molecule is Cc1nc2ccccc2n1CCCNC(=O)Cc1ccc(N2CCOCC2)cc1. The zero-order chi connectivity index (χ0) is 20.1. The maximum absolute atomic E-state index is 12.3. The number of morpholine rings is 1. The molecule has 1 saturated heterocycles. The van der Waals surface area contributed by atoms with Crippen molar-refractivity contribution in [3.05, 3.63) is 59.9 Å². The summed E-state index contributed by atoms with van der Waals surface area (Å²) in [5, 5.41) is 3.04. The smallest absolute Gasteiger partial charge is 0.224 e. The average molecular weight is 393 g/mol. The van der Waals surface area contributed by atoms with E-state index in [1.165, 1.54) is 5.69 Å². The Labute approximate surface area is 171 Å². The van der Waals surface area contributed by atoms with E-state index in [0.29, 0.717) is 13.0 Å². The van der Waals surface area contributed by atoms with Gasteiger partial charge in [0.1, 0.15) is 5.82 Å². The van der Waals surface area contributed by atoms with E-state index in [1.807, 2.05) is 37.3 Å². The van der Waals surface area contributed by atoms with Gasteiger partial charge in [0.15, 0.2) is 0 Å². The molecule has 1 aromatic heterocycles. The van der Waals surface area contributed by atoms with Gasteiger partial charge < -0.3 is 19.5 Å². The Morgan fingerprint density at radius 2 is 1.86 bits per heavy atom. The number of hydrogen-bond donors (Lipinski definition) is 1. The molecule has 0 unspecified atom stereocenters. The lowest BCUT2D eigenvalue weighted by Gasteiger charge is -2.28. The Balaban J connectivity index is 1.23. The molecule has 0 aliphatic carbocycles. The molecule has 3 aromatic rings. The van der Waals surface area contributed by atoms with Gasteiger partial charge in [0.2, 0.25) is 5.91 Å². The number of nitrogens with zero attached hydrogens (tertiary/aromatic N) is 3. The molecular weight excluding hydrogens is 364 g/mol. The van der Waals surface area contributed by atoms with Crippen molar-refractivity contribution in [3.8, 4) is 0 Å². The highest BCUT2D eigenvalue weighted by atomic mass is 16.5. The lowest BCUT2D eigenvalue weighted by Crippen LogP contribution is -2.36. The van der Waals surface area contributed by atoms with E-state index in [2.05, 4.69) is 38.0 Å². The number of anilines is 1. The fraction of sp³-hybridized carbons (Fsp3) is 0.391. The highest BCUT2D eigenvalue weighted by molar-refractivity contribution is 5.78. The molecule has 6 heteroatoms. The van der Waals surface area contributed by atoms with Gasteiger partial charge in [-0.15, -0.1) is 0 Å². The lowest BCUT2D eigenvalue weighted by atomic mass is 10.1. The van der Waals surface area contributed by atoms with Crippen molar-refractivity contribution in [1.82, 2.24) is 14.9 Å². The van der Waals surface area contributed by atoms with E-state index in [4.69, 9.17) is 4.74 Å². The molecule has 29 heavy (non-hydrogen) atoms. The molecule has 152 valence electrons. The zero-order valence-electron chi connectivity index (χ0n) is 16.9. The number of carbonyl (C=O) groups is 1. The van der Waals surface area contributed by atoms with Crippen molar-refractivity contribution >= 4 is 22.6 Å². The second-order valence-electron chi connectivity index (χ2n) is 7.45. The maximum atomic E-state index is 12.3. The van der Waals surface area contributed by atoms with E-state index in [9.17, 15) is 4.79 Å². The number of para-hydroxylation sites is 2. The van der Waals surface area contributed by atoms with E-state index < -0.39 is 0 Å². The van der Waals surface area contributed by atoms with Gasteiger partial charge in [0.05, 0.1) is 30.7 Å². The summed E-state index contributed by atoms with van der Waals surface area (Å²) >= 11 is 0. The molecule has 1 aliphatic heterocycles. The van der Waals surface area contributed by atoms with Gasteiger partial charge in [-0.3, -0.25) is 4.79 Å². The molecule has 1 N–H and O–H groups in total. The molecule has 0 atom stereocenters. The van der Waals surface area contributed by atoms with Crippen LogP contribution in [0.1, 0.15) is 17.8 Å². The van der Waals surface area contributed by atoms with Gasteiger partial charge in [-0.25, -0.2) is 4.98 Å². The maximum Gasteiger partial charge on any atom is 0.224 e. The standard InChI is InChI=1S/C23H28N4O2/c1-18-25-21-5-2-3-6-22(21)27(18)12-4-11-24-23(28)17-19-7-9-20(10-8-19)26-13-15-29-16-14-26/h2-3,5-10H,4,11-17H2,1H3,(H,24,28). The number of aromatic nitrogens is 2. The Hall–Kier alpha value is -2.86. The summed E-state index contributed by atoms with van der Waals surface area (Å²) in [6.45, 7) is 6.94. The molecule has 0 saturated carbocycles. The summed E-state index contributed by atoms with van der Waals surface area (Å²) in [4.78, 5) is 19.2. The van der Waals surface area contributed by atoms with Crippen LogP contribution in [0, 0.1) is 6.92 Å². The number of benzene rings is 2. The number of aryl methyl sites for hydroxylation is 2. The molecule has 2 aromatic carbocycles. The Morgan fingerprint density at radius 3 is 2.66 bits per heavy atom. The molecule has 4 rings (SSSR count). The number of nitrogens with one attached hydrogen (secondary N) is 1. The van der Waals surface area contributed by atoms with Gasteiger partial charge in [-0.2, -0.15) is 0 Å². The molecule has 1 aliphatic rings. The third-order valence-electron chi connectivity index (χ3n) is 5.40. The second kappa shape index (κ2) is 9.09. The minimum absolute atomic E-state index is 0.0660. The van der Waals surface area contributed by atoms with E-state index in [1.54, 1.807) is 0 Å². The van der Waals surface area contributed by atoms with Gasteiger partial charge in [0.25, 0.3) is 0 Å². The van der Waals surface area contributed by atoms with Gasteiger partial charge in [0, 0.05) is 31.9 Å². The second-order valence-corrected chi connectivity index (χ2v) is 7.45. The minimum atomic E-state index is 0.0660. The van der Waals surface area contributed by atoms with Crippen LogP contribution in [-0.2, 0) is 22.5 Å². The van der Waals surface area contributed by atoms with Crippen LogP contribution in [0.5, 0.6) is 0 Å². The lowest BCUT2D eigenvalue weighted by molar-refractivity contribution is -0.120. The summed E-state index contributed by atoms with van der Waals surface area (Å²) in [6, 6.07) is 16.5. The summed E-state index contributed by atoms with van der Waals surface area (Å²) < 4.78 is 7.61. The van der Waals surface area contributed by atoms with E-state index in [-0.39, 0.29) is 5.91 Å². The number of hydrogen-bond acceptors (Lipinski definition) is 4. The monoisotopic (exact) mass is 392 g/mol. The highest BCUT2D eigenvalue weighted by Gasteiger charge is 2.11. The zero-order valence-corrected chi connectivity index (χ0v) is 16.9. The first kappa shape index (κ1) is 19.5. The van der Waals surface area contributed by atoms with Gasteiger partial charge in [-0.1, -0.05) is 24.3 Å². The number of fused-ring (bicyclic) bond motifs is 1. The fourth-order valence-electron chi connectivity index (χ4n) is 3.84. The number of rotatable bonds is 7. The highest BCUT2D eigenvalue weighted by Crippen LogP contribution is 2.17. The molecule has 2 heterocycles. The van der Waals surface area contributed by atoms with Crippen molar-refractivity contribution in [2.24, 2.45) is 0 Å². The topological polar surface area (TPSA) is 59.4 Å². The molecule has 0 radical (unpaired) electrons. The summed E-state index contributed by atoms with van der Waals surface area (Å²) in [5.41, 5.74) is 4.41. The number of carbonyl (C=O) groups excluding carboxylic acids is 1. The third-order valence-corrected chi connectivity index (χ3v) is 5.40. The Kier molecular flexibility index (Phi) is 6.10. The molecule has 1 amide bonds. The fourth-order valence-corrected chi connectivity index (χ4v) is 3.84. The van der Waals surface area contributed by atoms with Crippen LogP contribution >= 0.6 is 0 Å². The van der Waals surface area contributed by atoms with Gasteiger partial charge in [-0.05, 0) is 43.2 Å². The van der Waals surface area contributed by atoms with Crippen molar-refractivity contribution in [2.45, 2.75) is 26.3 Å². The van der Waals surface area contributed by atoms with Gasteiger partial charge >= 0.3 is 0 Å².